The van der Waals surface area contributed by atoms with E-state index in [0.29, 0.717) is 0 Å². The molecule has 0 atom stereocenters. The minimum absolute atomic E-state index is 0.00734. The molecule has 0 amide bonds. The highest BCUT2D eigenvalue weighted by atomic mass is 19.4. The molecule has 0 aliphatic carbocycles. The van der Waals surface area contributed by atoms with Crippen LogP contribution in [0, 0.1) is 0 Å². The van der Waals surface area contributed by atoms with Gasteiger partial charge in [-0.05, 0) is 12.1 Å². The molecule has 2 rings (SSSR count). The molecule has 2 aromatic heterocycles. The lowest BCUT2D eigenvalue weighted by Gasteiger charge is -2.02. The highest BCUT2D eigenvalue weighted by molar-refractivity contribution is 5.87. The molecule has 96 valence electrons. The molecular weight excluding hydrogens is 253 g/mol. The van der Waals surface area contributed by atoms with Gasteiger partial charge in [-0.25, -0.2) is 9.78 Å². The van der Waals surface area contributed by atoms with Gasteiger partial charge in [-0.15, -0.1) is 0 Å². The number of carbonyl (C=O) groups is 1. The number of hydrogen-bond donors (Lipinski definition) is 1. The van der Waals surface area contributed by atoms with E-state index >= 15 is 0 Å². The SMILES string of the molecule is O=C(O)c1ccc2oc(CCC(F)(F)F)nc2n1. The number of carboxylic acids is 1. The fraction of sp³-hybridized carbons (Fsp3) is 0.300. The van der Waals surface area contributed by atoms with Gasteiger partial charge in [0.25, 0.3) is 0 Å². The smallest absolute Gasteiger partial charge is 0.389 e. The van der Waals surface area contributed by atoms with Gasteiger partial charge in [-0.2, -0.15) is 18.2 Å². The number of aromatic nitrogens is 2. The van der Waals surface area contributed by atoms with Crippen LogP contribution in [0.25, 0.3) is 11.2 Å². The molecule has 8 heteroatoms. The average Bonchev–Trinajstić information content (AvgIpc) is 2.66. The zero-order chi connectivity index (χ0) is 13.3. The molecule has 0 spiro atoms. The lowest BCUT2D eigenvalue weighted by Crippen LogP contribution is -2.08. The molecule has 0 unspecified atom stereocenters. The quantitative estimate of drug-likeness (QED) is 0.917. The molecule has 0 bridgehead atoms. The number of oxazole rings is 1. The minimum Gasteiger partial charge on any atom is -0.477 e. The van der Waals surface area contributed by atoms with Crippen molar-refractivity contribution in [1.82, 2.24) is 9.97 Å². The summed E-state index contributed by atoms with van der Waals surface area (Å²) in [6.07, 6.45) is -5.74. The van der Waals surface area contributed by atoms with E-state index in [2.05, 4.69) is 9.97 Å². The van der Waals surface area contributed by atoms with Crippen molar-refractivity contribution in [3.63, 3.8) is 0 Å². The topological polar surface area (TPSA) is 76.2 Å². The van der Waals surface area contributed by atoms with E-state index in [-0.39, 0.29) is 22.8 Å². The second kappa shape index (κ2) is 4.28. The predicted octanol–water partition coefficient (Wildman–Crippen LogP) is 2.42. The molecule has 0 saturated carbocycles. The summed E-state index contributed by atoms with van der Waals surface area (Å²) in [7, 11) is 0. The molecular formula is C10H7F3N2O3. The maximum absolute atomic E-state index is 12.0. The summed E-state index contributed by atoms with van der Waals surface area (Å²) in [5.41, 5.74) is -0.0811. The van der Waals surface area contributed by atoms with E-state index in [1.165, 1.54) is 12.1 Å². The number of rotatable bonds is 3. The van der Waals surface area contributed by atoms with Gasteiger partial charge in [0, 0.05) is 6.42 Å². The van der Waals surface area contributed by atoms with Gasteiger partial charge in [-0.1, -0.05) is 0 Å². The van der Waals surface area contributed by atoms with E-state index in [4.69, 9.17) is 9.52 Å². The number of aromatic carboxylic acids is 1. The Labute approximate surface area is 98.3 Å². The fourth-order valence-electron chi connectivity index (χ4n) is 1.34. The molecule has 5 nitrogen and oxygen atoms in total. The van der Waals surface area contributed by atoms with E-state index in [1.54, 1.807) is 0 Å². The molecule has 18 heavy (non-hydrogen) atoms. The summed E-state index contributed by atoms with van der Waals surface area (Å²) in [4.78, 5) is 18.0. The number of carboxylic acid groups (broad SMARTS) is 1. The van der Waals surface area contributed by atoms with Crippen LogP contribution in [0.4, 0.5) is 13.2 Å². The molecule has 0 aliphatic heterocycles. The highest BCUT2D eigenvalue weighted by Crippen LogP contribution is 2.23. The van der Waals surface area contributed by atoms with Gasteiger partial charge in [0.05, 0.1) is 6.42 Å². The highest BCUT2D eigenvalue weighted by Gasteiger charge is 2.27. The second-order valence-corrected chi connectivity index (χ2v) is 3.55. The van der Waals surface area contributed by atoms with Crippen molar-refractivity contribution in [3.05, 3.63) is 23.7 Å². The maximum Gasteiger partial charge on any atom is 0.389 e. The first-order valence-corrected chi connectivity index (χ1v) is 4.92. The van der Waals surface area contributed by atoms with Gasteiger partial charge in [-0.3, -0.25) is 0 Å². The largest absolute Gasteiger partial charge is 0.477 e. The van der Waals surface area contributed by atoms with Crippen LogP contribution in [0.2, 0.25) is 0 Å². The molecule has 1 N–H and O–H groups in total. The first-order chi connectivity index (χ1) is 8.35. The Hall–Kier alpha value is -2.12. The van der Waals surface area contributed by atoms with Crippen molar-refractivity contribution in [2.75, 3.05) is 0 Å². The summed E-state index contributed by atoms with van der Waals surface area (Å²) >= 11 is 0. The van der Waals surface area contributed by atoms with Crippen LogP contribution in [0.1, 0.15) is 22.8 Å². The monoisotopic (exact) mass is 260 g/mol. The first-order valence-electron chi connectivity index (χ1n) is 4.92. The van der Waals surface area contributed by atoms with Crippen molar-refractivity contribution in [2.24, 2.45) is 0 Å². The van der Waals surface area contributed by atoms with Crippen molar-refractivity contribution in [2.45, 2.75) is 19.0 Å². The van der Waals surface area contributed by atoms with Crippen molar-refractivity contribution >= 4 is 17.2 Å². The third-order valence-corrected chi connectivity index (χ3v) is 2.14. The lowest BCUT2D eigenvalue weighted by atomic mass is 10.3. The number of halogens is 3. The van der Waals surface area contributed by atoms with Crippen molar-refractivity contribution in [1.29, 1.82) is 0 Å². The molecule has 0 saturated heterocycles. The molecule has 0 radical (unpaired) electrons. The maximum atomic E-state index is 12.0. The predicted molar refractivity (Wildman–Crippen MR) is 53.1 cm³/mol. The second-order valence-electron chi connectivity index (χ2n) is 3.55. The summed E-state index contributed by atoms with van der Waals surface area (Å²) in [6, 6.07) is 2.51. The van der Waals surface area contributed by atoms with Gasteiger partial charge < -0.3 is 9.52 Å². The molecule has 0 fully saturated rings. The molecule has 0 aliphatic rings. The van der Waals surface area contributed by atoms with Crippen LogP contribution < -0.4 is 0 Å². The molecule has 2 aromatic rings. The summed E-state index contributed by atoms with van der Waals surface area (Å²) in [5, 5.41) is 8.69. The van der Waals surface area contributed by atoms with Gasteiger partial charge in [0.1, 0.15) is 0 Å². The van der Waals surface area contributed by atoms with Crippen LogP contribution in [0.3, 0.4) is 0 Å². The summed E-state index contributed by atoms with van der Waals surface area (Å²) in [6.45, 7) is 0. The Kier molecular flexibility index (Phi) is 2.93. The molecule has 0 aromatic carbocycles. The number of alkyl halides is 3. The number of aryl methyl sites for hydroxylation is 1. The standard InChI is InChI=1S/C10H7F3N2O3/c11-10(12,13)4-3-7-15-8-6(18-7)2-1-5(14-8)9(16)17/h1-2H,3-4H2,(H,16,17). The third kappa shape index (κ3) is 2.76. The molecule has 2 heterocycles. The van der Waals surface area contributed by atoms with Gasteiger partial charge >= 0.3 is 12.1 Å². The zero-order valence-electron chi connectivity index (χ0n) is 8.86. The van der Waals surface area contributed by atoms with Crippen LogP contribution in [0.15, 0.2) is 16.5 Å². The Morgan fingerprint density at radius 3 is 2.67 bits per heavy atom. The lowest BCUT2D eigenvalue weighted by molar-refractivity contribution is -0.134. The average molecular weight is 260 g/mol. The van der Waals surface area contributed by atoms with Crippen molar-refractivity contribution < 1.29 is 27.5 Å². The zero-order valence-corrected chi connectivity index (χ0v) is 8.86. The Balaban J connectivity index is 2.24. The first kappa shape index (κ1) is 12.3. The number of fused-ring (bicyclic) bond motifs is 1. The van der Waals surface area contributed by atoms with Crippen molar-refractivity contribution in [3.8, 4) is 0 Å². The van der Waals surface area contributed by atoms with Crippen LogP contribution in [-0.4, -0.2) is 27.2 Å². The van der Waals surface area contributed by atoms with E-state index in [0.717, 1.165) is 0 Å². The number of pyridine rings is 1. The van der Waals surface area contributed by atoms with E-state index in [1.807, 2.05) is 0 Å². The van der Waals surface area contributed by atoms with Gasteiger partial charge in [0.2, 0.25) is 0 Å². The normalized spacial score (nSPS) is 11.9. The van der Waals surface area contributed by atoms with Crippen LogP contribution in [0.5, 0.6) is 0 Å². The summed E-state index contributed by atoms with van der Waals surface area (Å²) < 4.78 is 41.0. The third-order valence-electron chi connectivity index (χ3n) is 2.14. The van der Waals surface area contributed by atoms with Crippen LogP contribution in [-0.2, 0) is 6.42 Å². The fourth-order valence-corrected chi connectivity index (χ4v) is 1.34. The Morgan fingerprint density at radius 1 is 1.33 bits per heavy atom. The number of nitrogens with zero attached hydrogens (tertiary/aromatic N) is 2. The summed E-state index contributed by atoms with van der Waals surface area (Å²) in [5.74, 6) is -1.35. The Bertz CT molecular complexity index is 592. The van der Waals surface area contributed by atoms with Gasteiger partial charge in [0.15, 0.2) is 22.8 Å². The minimum atomic E-state index is -4.29. The van der Waals surface area contributed by atoms with E-state index in [9.17, 15) is 18.0 Å². The number of hydrogen-bond acceptors (Lipinski definition) is 4. The van der Waals surface area contributed by atoms with Crippen LogP contribution >= 0.6 is 0 Å². The Morgan fingerprint density at radius 2 is 2.06 bits per heavy atom. The van der Waals surface area contributed by atoms with E-state index < -0.39 is 25.0 Å².